The molecule has 0 N–H and O–H groups in total. The Morgan fingerprint density at radius 3 is 3.09 bits per heavy atom. The molecule has 0 unspecified atom stereocenters. The van der Waals surface area contributed by atoms with E-state index in [1.54, 1.807) is 0 Å². The Bertz CT molecular complexity index is 168. The van der Waals surface area contributed by atoms with Crippen LogP contribution >= 0.6 is 0 Å². The van der Waals surface area contributed by atoms with Crippen LogP contribution in [0.4, 0.5) is 0 Å². The zero-order chi connectivity index (χ0) is 8.10. The van der Waals surface area contributed by atoms with Crippen molar-refractivity contribution in [1.29, 1.82) is 0 Å². The summed E-state index contributed by atoms with van der Waals surface area (Å²) in [6.07, 6.45) is 5.88. The van der Waals surface area contributed by atoms with Crippen LogP contribution in [-0.4, -0.2) is 13.2 Å². The van der Waals surface area contributed by atoms with E-state index >= 15 is 0 Å². The van der Waals surface area contributed by atoms with E-state index in [4.69, 9.17) is 4.74 Å². The molecule has 1 nitrogen and oxygen atoms in total. The highest BCUT2D eigenvalue weighted by Gasteiger charge is 2.01. The van der Waals surface area contributed by atoms with Crippen LogP contribution in [0.3, 0.4) is 0 Å². The van der Waals surface area contributed by atoms with Crippen LogP contribution in [0, 0.1) is 0 Å². The second kappa shape index (κ2) is 4.35. The lowest BCUT2D eigenvalue weighted by atomic mass is 10.1. The van der Waals surface area contributed by atoms with E-state index in [0.29, 0.717) is 0 Å². The molecule has 1 heteroatoms. The molecule has 0 spiro atoms. The van der Waals surface area contributed by atoms with Crippen LogP contribution in [-0.2, 0) is 4.74 Å². The van der Waals surface area contributed by atoms with Crippen molar-refractivity contribution in [2.75, 3.05) is 13.2 Å². The van der Waals surface area contributed by atoms with E-state index in [2.05, 4.69) is 12.7 Å². The lowest BCUT2D eigenvalue weighted by Gasteiger charge is -2.11. The molecule has 62 valence electrons. The SMILES string of the molecule is C=C(C)/C1=C/CCCCOC1. The van der Waals surface area contributed by atoms with Gasteiger partial charge in [0.25, 0.3) is 0 Å². The molecule has 0 atom stereocenters. The molecule has 0 amide bonds. The van der Waals surface area contributed by atoms with Crippen molar-refractivity contribution in [3.63, 3.8) is 0 Å². The van der Waals surface area contributed by atoms with Gasteiger partial charge in [-0.3, -0.25) is 0 Å². The van der Waals surface area contributed by atoms with Gasteiger partial charge in [-0.25, -0.2) is 0 Å². The molecule has 1 rings (SSSR count). The summed E-state index contributed by atoms with van der Waals surface area (Å²) < 4.78 is 5.42. The Morgan fingerprint density at radius 1 is 1.55 bits per heavy atom. The molecular formula is C10H16O. The quantitative estimate of drug-likeness (QED) is 0.561. The third kappa shape index (κ3) is 2.89. The molecule has 0 fully saturated rings. The summed E-state index contributed by atoms with van der Waals surface area (Å²) in [5.41, 5.74) is 2.43. The molecule has 0 radical (unpaired) electrons. The van der Waals surface area contributed by atoms with Crippen molar-refractivity contribution >= 4 is 0 Å². The average molecular weight is 152 g/mol. The maximum absolute atomic E-state index is 5.42. The molecule has 0 aliphatic carbocycles. The smallest absolute Gasteiger partial charge is 0.0716 e. The third-order valence-corrected chi connectivity index (χ3v) is 1.94. The number of hydrogen-bond acceptors (Lipinski definition) is 1. The Morgan fingerprint density at radius 2 is 2.36 bits per heavy atom. The van der Waals surface area contributed by atoms with Crippen molar-refractivity contribution in [3.05, 3.63) is 23.8 Å². The minimum atomic E-state index is 0.759. The number of allylic oxidation sites excluding steroid dienone is 1. The van der Waals surface area contributed by atoms with E-state index in [1.165, 1.54) is 24.8 Å². The second-order valence-corrected chi connectivity index (χ2v) is 3.06. The van der Waals surface area contributed by atoms with Crippen LogP contribution < -0.4 is 0 Å². The predicted octanol–water partition coefficient (Wildman–Crippen LogP) is 2.69. The summed E-state index contributed by atoms with van der Waals surface area (Å²) in [5, 5.41) is 0. The number of hydrogen-bond donors (Lipinski definition) is 0. The molecule has 0 aromatic carbocycles. The zero-order valence-corrected chi connectivity index (χ0v) is 7.23. The van der Waals surface area contributed by atoms with Crippen LogP contribution in [0.1, 0.15) is 26.2 Å². The summed E-state index contributed by atoms with van der Waals surface area (Å²) in [5.74, 6) is 0. The second-order valence-electron chi connectivity index (χ2n) is 3.06. The predicted molar refractivity (Wildman–Crippen MR) is 47.6 cm³/mol. The third-order valence-electron chi connectivity index (χ3n) is 1.94. The topological polar surface area (TPSA) is 9.23 Å². The van der Waals surface area contributed by atoms with Gasteiger partial charge in [0.2, 0.25) is 0 Å². The molecule has 0 saturated carbocycles. The minimum absolute atomic E-state index is 0.759. The van der Waals surface area contributed by atoms with Crippen molar-refractivity contribution in [3.8, 4) is 0 Å². The highest BCUT2D eigenvalue weighted by molar-refractivity contribution is 5.26. The van der Waals surface area contributed by atoms with Gasteiger partial charge in [0.05, 0.1) is 6.61 Å². The van der Waals surface area contributed by atoms with E-state index in [-0.39, 0.29) is 0 Å². The monoisotopic (exact) mass is 152 g/mol. The van der Waals surface area contributed by atoms with Gasteiger partial charge < -0.3 is 4.74 Å². The first-order valence-electron chi connectivity index (χ1n) is 4.23. The highest BCUT2D eigenvalue weighted by atomic mass is 16.5. The lowest BCUT2D eigenvalue weighted by Crippen LogP contribution is -2.03. The van der Waals surface area contributed by atoms with Gasteiger partial charge >= 0.3 is 0 Å². The first-order valence-corrected chi connectivity index (χ1v) is 4.23. The van der Waals surface area contributed by atoms with Gasteiger partial charge in [-0.05, 0) is 31.8 Å². The molecule has 1 heterocycles. The Hall–Kier alpha value is -0.560. The van der Waals surface area contributed by atoms with Gasteiger partial charge in [0.1, 0.15) is 0 Å². The van der Waals surface area contributed by atoms with Gasteiger partial charge in [-0.1, -0.05) is 18.2 Å². The number of rotatable bonds is 1. The highest BCUT2D eigenvalue weighted by Crippen LogP contribution is 2.13. The Labute approximate surface area is 68.8 Å². The van der Waals surface area contributed by atoms with E-state index in [9.17, 15) is 0 Å². The minimum Gasteiger partial charge on any atom is -0.377 e. The molecule has 0 saturated heterocycles. The Balaban J connectivity index is 2.52. The molecule has 1 aliphatic rings. The van der Waals surface area contributed by atoms with Gasteiger partial charge in [-0.2, -0.15) is 0 Å². The first-order chi connectivity index (χ1) is 5.30. The molecule has 0 bridgehead atoms. The van der Waals surface area contributed by atoms with Crippen LogP contribution in [0.15, 0.2) is 23.8 Å². The van der Waals surface area contributed by atoms with E-state index in [1.807, 2.05) is 6.92 Å². The Kier molecular flexibility index (Phi) is 3.37. The molecule has 11 heavy (non-hydrogen) atoms. The average Bonchev–Trinajstić information content (AvgIpc) is 1.84. The fourth-order valence-electron chi connectivity index (χ4n) is 1.16. The molecule has 1 aliphatic heterocycles. The maximum atomic E-state index is 5.42. The van der Waals surface area contributed by atoms with Crippen molar-refractivity contribution < 1.29 is 4.74 Å². The van der Waals surface area contributed by atoms with Crippen molar-refractivity contribution in [1.82, 2.24) is 0 Å². The maximum Gasteiger partial charge on any atom is 0.0716 e. The van der Waals surface area contributed by atoms with Crippen molar-refractivity contribution in [2.24, 2.45) is 0 Å². The van der Waals surface area contributed by atoms with Gasteiger partial charge in [-0.15, -0.1) is 0 Å². The van der Waals surface area contributed by atoms with Crippen LogP contribution in [0.5, 0.6) is 0 Å². The van der Waals surface area contributed by atoms with Gasteiger partial charge in [0, 0.05) is 6.61 Å². The molecule has 0 aromatic rings. The van der Waals surface area contributed by atoms with Crippen molar-refractivity contribution in [2.45, 2.75) is 26.2 Å². The fourth-order valence-corrected chi connectivity index (χ4v) is 1.16. The summed E-state index contributed by atoms with van der Waals surface area (Å²) in [7, 11) is 0. The van der Waals surface area contributed by atoms with E-state index in [0.717, 1.165) is 18.8 Å². The van der Waals surface area contributed by atoms with Gasteiger partial charge in [0.15, 0.2) is 0 Å². The zero-order valence-electron chi connectivity index (χ0n) is 7.23. The van der Waals surface area contributed by atoms with E-state index < -0.39 is 0 Å². The largest absolute Gasteiger partial charge is 0.377 e. The summed E-state index contributed by atoms with van der Waals surface area (Å²) in [6.45, 7) is 7.61. The standard InChI is InChI=1S/C10H16O/c1-9(2)10-6-4-3-5-7-11-8-10/h6H,1,3-5,7-8H2,2H3/b10-6+. The normalized spacial score (nSPS) is 24.6. The van der Waals surface area contributed by atoms with Crippen LogP contribution in [0.25, 0.3) is 0 Å². The summed E-state index contributed by atoms with van der Waals surface area (Å²) in [6, 6.07) is 0. The fraction of sp³-hybridized carbons (Fsp3) is 0.600. The lowest BCUT2D eigenvalue weighted by molar-refractivity contribution is 0.150. The summed E-state index contributed by atoms with van der Waals surface area (Å²) >= 11 is 0. The van der Waals surface area contributed by atoms with Crippen LogP contribution in [0.2, 0.25) is 0 Å². The number of ether oxygens (including phenoxy) is 1. The summed E-state index contributed by atoms with van der Waals surface area (Å²) in [4.78, 5) is 0. The molecular weight excluding hydrogens is 136 g/mol. The molecule has 0 aromatic heterocycles. The first kappa shape index (κ1) is 8.54.